The maximum Gasteiger partial charge on any atom is 0.336 e. The Morgan fingerprint density at radius 1 is 1.29 bits per heavy atom. The Morgan fingerprint density at radius 3 is 2.24 bits per heavy atom. The third-order valence-electron chi connectivity index (χ3n) is 3.08. The summed E-state index contributed by atoms with van der Waals surface area (Å²) in [6.45, 7) is 7.83. The van der Waals surface area contributed by atoms with E-state index >= 15 is 0 Å². The lowest BCUT2D eigenvalue weighted by Gasteiger charge is -2.46. The van der Waals surface area contributed by atoms with Crippen molar-refractivity contribution >= 4 is 27.3 Å². The van der Waals surface area contributed by atoms with Crippen molar-refractivity contribution in [3.05, 3.63) is 17.0 Å². The highest BCUT2D eigenvalue weighted by atomic mass is 32.2. The van der Waals surface area contributed by atoms with Gasteiger partial charge in [0.25, 0.3) is 10.0 Å². The van der Waals surface area contributed by atoms with E-state index in [1.54, 1.807) is 0 Å². The number of carbonyl (C=O) groups is 1. The number of hydrogen-bond donors (Lipinski definition) is 1. The summed E-state index contributed by atoms with van der Waals surface area (Å²) in [4.78, 5) is 10.9. The van der Waals surface area contributed by atoms with Gasteiger partial charge in [-0.05, 0) is 33.8 Å². The Bertz CT molecular complexity index is 644. The Labute approximate surface area is 128 Å². The number of morpholine rings is 1. The summed E-state index contributed by atoms with van der Waals surface area (Å²) < 4.78 is 32.7. The average molecular weight is 333 g/mol. The molecule has 1 aliphatic rings. The number of hydrogen-bond acceptors (Lipinski definition) is 5. The van der Waals surface area contributed by atoms with Crippen molar-refractivity contribution in [3.63, 3.8) is 0 Å². The SMILES string of the molecule is CC1(C)CN(S(=O)(=O)c2cc(C(=O)O)cs2)CC(C)(C)O1. The lowest BCUT2D eigenvalue weighted by Crippen LogP contribution is -2.58. The molecular formula is C13H19NO5S2. The number of aromatic carboxylic acids is 1. The van der Waals surface area contributed by atoms with Gasteiger partial charge < -0.3 is 9.84 Å². The largest absolute Gasteiger partial charge is 0.478 e. The predicted molar refractivity (Wildman–Crippen MR) is 79.3 cm³/mol. The van der Waals surface area contributed by atoms with Crippen LogP contribution in [0.2, 0.25) is 0 Å². The van der Waals surface area contributed by atoms with Gasteiger partial charge in [-0.15, -0.1) is 11.3 Å². The Morgan fingerprint density at radius 2 is 1.81 bits per heavy atom. The Hall–Kier alpha value is -0.960. The van der Waals surface area contributed by atoms with Crippen LogP contribution in [0.4, 0.5) is 0 Å². The fourth-order valence-electron chi connectivity index (χ4n) is 2.58. The third kappa shape index (κ3) is 3.45. The number of rotatable bonds is 3. The molecule has 2 rings (SSSR count). The van der Waals surface area contributed by atoms with Crippen LogP contribution in [0.25, 0.3) is 0 Å². The van der Waals surface area contributed by atoms with E-state index in [4.69, 9.17) is 9.84 Å². The average Bonchev–Trinajstić information content (AvgIpc) is 2.74. The first kappa shape index (κ1) is 16.4. The fraction of sp³-hybridized carbons (Fsp3) is 0.615. The highest BCUT2D eigenvalue weighted by Crippen LogP contribution is 2.33. The molecule has 6 nitrogen and oxygen atoms in total. The molecule has 0 amide bonds. The van der Waals surface area contributed by atoms with Crippen LogP contribution < -0.4 is 0 Å². The van der Waals surface area contributed by atoms with E-state index in [0.29, 0.717) is 0 Å². The van der Waals surface area contributed by atoms with Crippen LogP contribution in [0, 0.1) is 0 Å². The smallest absolute Gasteiger partial charge is 0.336 e. The molecule has 0 saturated carbocycles. The van der Waals surface area contributed by atoms with Gasteiger partial charge in [0.15, 0.2) is 0 Å². The van der Waals surface area contributed by atoms with Crippen molar-refractivity contribution in [2.24, 2.45) is 0 Å². The number of thiophene rings is 1. The molecule has 0 atom stereocenters. The van der Waals surface area contributed by atoms with E-state index in [2.05, 4.69) is 0 Å². The molecule has 1 N–H and O–H groups in total. The monoisotopic (exact) mass is 333 g/mol. The van der Waals surface area contributed by atoms with Gasteiger partial charge >= 0.3 is 5.97 Å². The fourth-order valence-corrected chi connectivity index (χ4v) is 5.63. The minimum absolute atomic E-state index is 0.00893. The molecule has 0 unspecified atom stereocenters. The lowest BCUT2D eigenvalue weighted by atomic mass is 10.0. The second-order valence-corrected chi connectivity index (χ2v) is 9.43. The summed E-state index contributed by atoms with van der Waals surface area (Å²) in [5.74, 6) is -1.13. The molecular weight excluding hydrogens is 314 g/mol. The molecule has 1 aromatic rings. The van der Waals surface area contributed by atoms with Crippen LogP contribution in [-0.4, -0.2) is 48.1 Å². The minimum atomic E-state index is -3.71. The van der Waals surface area contributed by atoms with Crippen LogP contribution in [0.15, 0.2) is 15.7 Å². The van der Waals surface area contributed by atoms with Crippen LogP contribution in [0.5, 0.6) is 0 Å². The van der Waals surface area contributed by atoms with E-state index in [1.165, 1.54) is 15.8 Å². The molecule has 21 heavy (non-hydrogen) atoms. The maximum atomic E-state index is 12.7. The first-order valence-electron chi connectivity index (χ1n) is 6.45. The summed E-state index contributed by atoms with van der Waals surface area (Å²) in [6, 6.07) is 1.21. The molecule has 0 spiro atoms. The summed E-state index contributed by atoms with van der Waals surface area (Å²) in [6.07, 6.45) is 0. The molecule has 1 saturated heterocycles. The van der Waals surface area contributed by atoms with Crippen molar-refractivity contribution in [3.8, 4) is 0 Å². The zero-order chi connectivity index (χ0) is 16.1. The van der Waals surface area contributed by atoms with Crippen LogP contribution in [-0.2, 0) is 14.8 Å². The summed E-state index contributed by atoms with van der Waals surface area (Å²) >= 11 is 0.927. The molecule has 118 valence electrons. The van der Waals surface area contributed by atoms with Crippen molar-refractivity contribution in [1.82, 2.24) is 4.31 Å². The van der Waals surface area contributed by atoms with Gasteiger partial charge in [-0.3, -0.25) is 0 Å². The molecule has 8 heteroatoms. The molecule has 1 aromatic heterocycles. The third-order valence-corrected chi connectivity index (χ3v) is 6.29. The van der Waals surface area contributed by atoms with E-state index in [0.717, 1.165) is 11.3 Å². The van der Waals surface area contributed by atoms with Gasteiger partial charge in [-0.25, -0.2) is 13.2 Å². The van der Waals surface area contributed by atoms with Gasteiger partial charge in [0.1, 0.15) is 4.21 Å². The van der Waals surface area contributed by atoms with Gasteiger partial charge in [0, 0.05) is 18.5 Å². The lowest BCUT2D eigenvalue weighted by molar-refractivity contribution is -0.163. The summed E-state index contributed by atoms with van der Waals surface area (Å²) in [7, 11) is -3.71. The van der Waals surface area contributed by atoms with Crippen molar-refractivity contribution in [2.75, 3.05) is 13.1 Å². The Balaban J connectivity index is 2.36. The molecule has 2 heterocycles. The summed E-state index contributed by atoms with van der Waals surface area (Å²) in [5.41, 5.74) is -1.20. The first-order valence-corrected chi connectivity index (χ1v) is 8.77. The number of sulfonamides is 1. The predicted octanol–water partition coefficient (Wildman–Crippen LogP) is 2.02. The number of carboxylic acid groups (broad SMARTS) is 1. The maximum absolute atomic E-state index is 12.7. The molecule has 1 fully saturated rings. The van der Waals surface area contributed by atoms with Crippen molar-refractivity contribution in [1.29, 1.82) is 0 Å². The highest BCUT2D eigenvalue weighted by molar-refractivity contribution is 7.91. The second kappa shape index (κ2) is 5.05. The zero-order valence-corrected chi connectivity index (χ0v) is 14.0. The Kier molecular flexibility index (Phi) is 3.94. The van der Waals surface area contributed by atoms with Crippen LogP contribution in [0.1, 0.15) is 38.1 Å². The van der Waals surface area contributed by atoms with Gasteiger partial charge in [-0.2, -0.15) is 4.31 Å². The standard InChI is InChI=1S/C13H19NO5S2/c1-12(2)7-14(8-13(3,4)19-12)21(17,18)10-5-9(6-20-10)11(15)16/h5-6H,7-8H2,1-4H3,(H,15,16). The number of ether oxygens (including phenoxy) is 1. The number of carboxylic acids is 1. The van der Waals surface area contributed by atoms with Crippen LogP contribution in [0.3, 0.4) is 0 Å². The van der Waals surface area contributed by atoms with Crippen molar-refractivity contribution in [2.45, 2.75) is 43.1 Å². The molecule has 0 aliphatic carbocycles. The van der Waals surface area contributed by atoms with E-state index in [9.17, 15) is 13.2 Å². The van der Waals surface area contributed by atoms with Gasteiger partial charge in [0.05, 0.1) is 16.8 Å². The van der Waals surface area contributed by atoms with E-state index in [1.807, 2.05) is 27.7 Å². The van der Waals surface area contributed by atoms with E-state index < -0.39 is 27.2 Å². The normalized spacial score (nSPS) is 22.1. The summed E-state index contributed by atoms with van der Waals surface area (Å²) in [5, 5.41) is 10.3. The quantitative estimate of drug-likeness (QED) is 0.915. The molecule has 0 aromatic carbocycles. The minimum Gasteiger partial charge on any atom is -0.478 e. The number of nitrogens with zero attached hydrogens (tertiary/aromatic N) is 1. The van der Waals surface area contributed by atoms with Crippen molar-refractivity contribution < 1.29 is 23.1 Å². The highest BCUT2D eigenvalue weighted by Gasteiger charge is 2.43. The molecule has 1 aliphatic heterocycles. The topological polar surface area (TPSA) is 83.9 Å². The second-order valence-electron chi connectivity index (χ2n) is 6.35. The van der Waals surface area contributed by atoms with Gasteiger partial charge in [-0.1, -0.05) is 0 Å². The first-order chi connectivity index (χ1) is 9.43. The van der Waals surface area contributed by atoms with E-state index in [-0.39, 0.29) is 22.9 Å². The van der Waals surface area contributed by atoms with Crippen LogP contribution >= 0.6 is 11.3 Å². The van der Waals surface area contributed by atoms with Gasteiger partial charge in [0.2, 0.25) is 0 Å². The zero-order valence-electron chi connectivity index (χ0n) is 12.4. The molecule has 0 radical (unpaired) electrons. The molecule has 0 bridgehead atoms.